The van der Waals surface area contributed by atoms with E-state index in [1.165, 1.54) is 6.20 Å². The van der Waals surface area contributed by atoms with Gasteiger partial charge >= 0.3 is 0 Å². The lowest BCUT2D eigenvalue weighted by molar-refractivity contribution is 0.174. The Morgan fingerprint density at radius 3 is 2.06 bits per heavy atom. The number of anilines is 1. The van der Waals surface area contributed by atoms with E-state index in [1.54, 1.807) is 30.3 Å². The molecular weight excluding hydrogens is 452 g/mol. The molecule has 0 fully saturated rings. The Labute approximate surface area is 198 Å². The lowest BCUT2D eigenvalue weighted by Crippen LogP contribution is -2.33. The highest BCUT2D eigenvalue weighted by molar-refractivity contribution is 7.92. The van der Waals surface area contributed by atoms with Crippen LogP contribution in [0.15, 0.2) is 95.9 Å². The number of pyridine rings is 1. The van der Waals surface area contributed by atoms with Gasteiger partial charge in [-0.05, 0) is 55.0 Å². The third kappa shape index (κ3) is 5.29. The molecule has 1 aromatic heterocycles. The van der Waals surface area contributed by atoms with Crippen LogP contribution < -0.4 is 14.6 Å². The summed E-state index contributed by atoms with van der Waals surface area (Å²) in [5.74, 6) is 1.21. The Kier molecular flexibility index (Phi) is 6.43. The first kappa shape index (κ1) is 23.1. The van der Waals surface area contributed by atoms with E-state index in [0.29, 0.717) is 27.5 Å². The van der Waals surface area contributed by atoms with Crippen molar-refractivity contribution in [1.82, 2.24) is 4.73 Å². The van der Waals surface area contributed by atoms with Crippen LogP contribution in [-0.4, -0.2) is 24.6 Å². The molecule has 0 spiro atoms. The number of sulfonamides is 1. The topological polar surface area (TPSA) is 88.8 Å². The van der Waals surface area contributed by atoms with Crippen molar-refractivity contribution in [2.45, 2.75) is 13.5 Å². The van der Waals surface area contributed by atoms with Gasteiger partial charge in [0, 0.05) is 11.1 Å². The molecule has 0 atom stereocenters. The van der Waals surface area contributed by atoms with Gasteiger partial charge in [-0.3, -0.25) is 9.10 Å². The monoisotopic (exact) mass is 476 g/mol. The maximum absolute atomic E-state index is 12.6. The van der Waals surface area contributed by atoms with Crippen molar-refractivity contribution in [3.05, 3.63) is 113 Å². The van der Waals surface area contributed by atoms with Gasteiger partial charge in [0.1, 0.15) is 11.5 Å². The van der Waals surface area contributed by atoms with E-state index >= 15 is 0 Å². The van der Waals surface area contributed by atoms with Crippen LogP contribution in [0.1, 0.15) is 11.1 Å². The van der Waals surface area contributed by atoms with E-state index < -0.39 is 15.6 Å². The molecule has 0 saturated carbocycles. The zero-order chi connectivity index (χ0) is 24.3. The average molecular weight is 477 g/mol. The summed E-state index contributed by atoms with van der Waals surface area (Å²) < 4.78 is 32.7. The number of aromatic nitrogens is 1. The molecule has 8 heteroatoms. The predicted octanol–water partition coefficient (Wildman–Crippen LogP) is 4.82. The molecule has 0 aliphatic rings. The molecule has 0 amide bonds. The highest BCUT2D eigenvalue weighted by atomic mass is 32.2. The molecule has 0 aliphatic carbocycles. The highest BCUT2D eigenvalue weighted by Gasteiger charge is 2.21. The number of hydrogen-bond donors (Lipinski definition) is 1. The Morgan fingerprint density at radius 2 is 1.47 bits per heavy atom. The van der Waals surface area contributed by atoms with E-state index in [-0.39, 0.29) is 12.1 Å². The van der Waals surface area contributed by atoms with Gasteiger partial charge in [0.25, 0.3) is 5.56 Å². The Hall–Kier alpha value is -4.04. The van der Waals surface area contributed by atoms with Crippen LogP contribution in [0.25, 0.3) is 11.1 Å². The van der Waals surface area contributed by atoms with E-state index in [4.69, 9.17) is 4.74 Å². The Bertz CT molecular complexity index is 1450. The fraction of sp³-hybridized carbons (Fsp3) is 0.115. The van der Waals surface area contributed by atoms with Crippen molar-refractivity contribution in [2.75, 3.05) is 10.6 Å². The Morgan fingerprint density at radius 1 is 0.882 bits per heavy atom. The zero-order valence-electron chi connectivity index (χ0n) is 18.8. The van der Waals surface area contributed by atoms with Crippen molar-refractivity contribution in [2.24, 2.45) is 0 Å². The number of ether oxygens (including phenoxy) is 1. The van der Waals surface area contributed by atoms with Crippen LogP contribution in [0.3, 0.4) is 0 Å². The first-order chi connectivity index (χ1) is 16.2. The summed E-state index contributed by atoms with van der Waals surface area (Å²) in [4.78, 5) is 12.6. The first-order valence-corrected chi connectivity index (χ1v) is 12.4. The SMILES string of the molecule is Cc1ccc(Oc2ccc(N(Cc3cc(-c4ccccc4)cn(O)c3=O)S(C)(=O)=O)cc2)cc1. The van der Waals surface area contributed by atoms with Gasteiger partial charge in [0.05, 0.1) is 24.7 Å². The minimum atomic E-state index is -3.74. The summed E-state index contributed by atoms with van der Waals surface area (Å²) in [6.07, 6.45) is 2.38. The third-order valence-electron chi connectivity index (χ3n) is 5.28. The van der Waals surface area contributed by atoms with Gasteiger partial charge in [0.15, 0.2) is 0 Å². The molecule has 1 N–H and O–H groups in total. The molecule has 0 aliphatic heterocycles. The molecule has 0 unspecified atom stereocenters. The number of hydrogen-bond acceptors (Lipinski definition) is 5. The van der Waals surface area contributed by atoms with Crippen molar-refractivity contribution in [3.8, 4) is 22.6 Å². The lowest BCUT2D eigenvalue weighted by Gasteiger charge is -2.23. The molecule has 7 nitrogen and oxygen atoms in total. The van der Waals surface area contributed by atoms with Crippen LogP contribution in [0.2, 0.25) is 0 Å². The normalized spacial score (nSPS) is 11.2. The molecule has 0 radical (unpaired) electrons. The van der Waals surface area contributed by atoms with Gasteiger partial charge in [0.2, 0.25) is 10.0 Å². The lowest BCUT2D eigenvalue weighted by atomic mass is 10.1. The van der Waals surface area contributed by atoms with E-state index in [9.17, 15) is 18.4 Å². The third-order valence-corrected chi connectivity index (χ3v) is 6.42. The summed E-state index contributed by atoms with van der Waals surface area (Å²) in [5.41, 5.74) is 2.31. The fourth-order valence-electron chi connectivity index (χ4n) is 3.50. The maximum atomic E-state index is 12.6. The predicted molar refractivity (Wildman–Crippen MR) is 132 cm³/mol. The average Bonchev–Trinajstić information content (AvgIpc) is 2.82. The molecule has 3 aromatic carbocycles. The number of aryl methyl sites for hydroxylation is 1. The number of benzene rings is 3. The second-order valence-electron chi connectivity index (χ2n) is 7.95. The van der Waals surface area contributed by atoms with E-state index in [1.807, 2.05) is 61.5 Å². The molecule has 174 valence electrons. The van der Waals surface area contributed by atoms with Crippen LogP contribution in [0.4, 0.5) is 5.69 Å². The van der Waals surface area contributed by atoms with Crippen LogP contribution in [0, 0.1) is 6.92 Å². The molecule has 4 aromatic rings. The largest absolute Gasteiger partial charge is 0.457 e. The standard InChI is InChI=1S/C26H24N2O5S/c1-19-8-12-24(13-9-19)33-25-14-10-23(11-15-25)28(34(2,31)32)18-22-16-21(17-27(30)26(22)29)20-6-4-3-5-7-20/h3-17,30H,18H2,1-2H3. The molecule has 0 saturated heterocycles. The first-order valence-electron chi connectivity index (χ1n) is 10.5. The van der Waals surface area contributed by atoms with E-state index in [0.717, 1.165) is 21.7 Å². The fourth-order valence-corrected chi connectivity index (χ4v) is 4.38. The second kappa shape index (κ2) is 9.44. The zero-order valence-corrected chi connectivity index (χ0v) is 19.6. The number of nitrogens with zero attached hydrogens (tertiary/aromatic N) is 2. The minimum absolute atomic E-state index is 0.134. The number of rotatable bonds is 7. The van der Waals surface area contributed by atoms with Crippen molar-refractivity contribution in [1.29, 1.82) is 0 Å². The van der Waals surface area contributed by atoms with E-state index in [2.05, 4.69) is 0 Å². The van der Waals surface area contributed by atoms with Gasteiger partial charge in [-0.2, -0.15) is 4.73 Å². The summed E-state index contributed by atoms with van der Waals surface area (Å²) in [5, 5.41) is 10.1. The molecule has 0 bridgehead atoms. The summed E-state index contributed by atoms with van der Waals surface area (Å²) in [7, 11) is -3.74. The molecule has 1 heterocycles. The van der Waals surface area contributed by atoms with Crippen LogP contribution in [0.5, 0.6) is 11.5 Å². The van der Waals surface area contributed by atoms with Crippen molar-refractivity contribution in [3.63, 3.8) is 0 Å². The summed E-state index contributed by atoms with van der Waals surface area (Å²) >= 11 is 0. The molecule has 4 rings (SSSR count). The quantitative estimate of drug-likeness (QED) is 0.386. The van der Waals surface area contributed by atoms with Gasteiger partial charge in [-0.1, -0.05) is 48.0 Å². The maximum Gasteiger partial charge on any atom is 0.287 e. The van der Waals surface area contributed by atoms with Gasteiger partial charge in [-0.25, -0.2) is 8.42 Å². The van der Waals surface area contributed by atoms with Crippen LogP contribution >= 0.6 is 0 Å². The van der Waals surface area contributed by atoms with Crippen LogP contribution in [-0.2, 0) is 16.6 Å². The smallest absolute Gasteiger partial charge is 0.287 e. The Balaban J connectivity index is 1.64. The van der Waals surface area contributed by atoms with Crippen molar-refractivity contribution >= 4 is 15.7 Å². The van der Waals surface area contributed by atoms with Gasteiger partial charge in [-0.15, -0.1) is 0 Å². The van der Waals surface area contributed by atoms with Gasteiger partial charge < -0.3 is 9.94 Å². The highest BCUT2D eigenvalue weighted by Crippen LogP contribution is 2.27. The summed E-state index contributed by atoms with van der Waals surface area (Å²) in [6, 6.07) is 24.9. The molecular formula is C26H24N2O5S. The molecule has 34 heavy (non-hydrogen) atoms. The van der Waals surface area contributed by atoms with Crippen molar-refractivity contribution < 1.29 is 18.4 Å². The summed E-state index contributed by atoms with van der Waals surface area (Å²) in [6.45, 7) is 1.75. The second-order valence-corrected chi connectivity index (χ2v) is 9.86. The minimum Gasteiger partial charge on any atom is -0.457 e.